The minimum absolute atomic E-state index is 0.0386. The molecule has 3 unspecified atom stereocenters. The van der Waals surface area contributed by atoms with Crippen molar-refractivity contribution < 1.29 is 28.2 Å². The highest BCUT2D eigenvalue weighted by molar-refractivity contribution is 5.66. The molecule has 1 N–H and O–H groups in total. The van der Waals surface area contributed by atoms with Crippen LogP contribution in [0.5, 0.6) is 0 Å². The Hall–Kier alpha value is -2.49. The van der Waals surface area contributed by atoms with Crippen LogP contribution in [-0.2, 0) is 23.8 Å². The summed E-state index contributed by atoms with van der Waals surface area (Å²) in [6.45, 7) is 2.21. The maximum Gasteiger partial charge on any atom is 0.330 e. The molecule has 0 aromatic carbocycles. The number of esters is 2. The average Bonchev–Trinajstić information content (AvgIpc) is 2.82. The number of ether oxygens (including phenoxy) is 3. The summed E-state index contributed by atoms with van der Waals surface area (Å²) in [7, 11) is 0. The first-order valence-corrected chi connectivity index (χ1v) is 6.75. The summed E-state index contributed by atoms with van der Waals surface area (Å²) >= 11 is 0. The first-order chi connectivity index (χ1) is 10.8. The van der Waals surface area contributed by atoms with E-state index in [1.807, 2.05) is 4.98 Å². The van der Waals surface area contributed by atoms with Crippen LogP contribution in [0, 0.1) is 5.82 Å². The van der Waals surface area contributed by atoms with Gasteiger partial charge in [-0.15, -0.1) is 0 Å². The third kappa shape index (κ3) is 4.03. The Kier molecular flexibility index (Phi) is 4.94. The zero-order chi connectivity index (χ0) is 17.1. The van der Waals surface area contributed by atoms with E-state index in [1.165, 1.54) is 13.8 Å². The number of rotatable bonds is 4. The number of hydrogen-bond acceptors (Lipinski definition) is 7. The van der Waals surface area contributed by atoms with E-state index in [1.54, 1.807) is 0 Å². The number of carbonyl (C=O) groups excluding carboxylic acids is 2. The molecule has 0 aliphatic carbocycles. The fraction of sp³-hybridized carbons (Fsp3) is 0.538. The molecule has 9 nitrogen and oxygen atoms in total. The van der Waals surface area contributed by atoms with Crippen molar-refractivity contribution in [3.63, 3.8) is 0 Å². The molecule has 2 heterocycles. The molecule has 126 valence electrons. The lowest BCUT2D eigenvalue weighted by Gasteiger charge is -2.17. The van der Waals surface area contributed by atoms with Crippen LogP contribution in [-0.4, -0.2) is 40.3 Å². The number of nitrogens with one attached hydrogen (secondary N) is 1. The maximum atomic E-state index is 13.4. The zero-order valence-electron chi connectivity index (χ0n) is 12.4. The molecule has 0 bridgehead atoms. The van der Waals surface area contributed by atoms with E-state index in [9.17, 15) is 23.6 Å². The Bertz CT molecular complexity index is 726. The maximum absolute atomic E-state index is 13.4. The first-order valence-electron chi connectivity index (χ1n) is 6.75. The second-order valence-corrected chi connectivity index (χ2v) is 4.96. The number of aromatic nitrogens is 2. The van der Waals surface area contributed by atoms with E-state index in [4.69, 9.17) is 14.2 Å². The van der Waals surface area contributed by atoms with Gasteiger partial charge >= 0.3 is 17.6 Å². The van der Waals surface area contributed by atoms with Crippen molar-refractivity contribution in [1.82, 2.24) is 9.55 Å². The Morgan fingerprint density at radius 3 is 2.70 bits per heavy atom. The molecule has 0 amide bonds. The smallest absolute Gasteiger partial charge is 0.330 e. The molecule has 23 heavy (non-hydrogen) atoms. The van der Waals surface area contributed by atoms with E-state index < -0.39 is 47.4 Å². The SMILES string of the molecule is CC(=O)OCC1OC(n2cc(F)c(=O)[nH]c2=O)CC1OC(C)=O. The topological polar surface area (TPSA) is 117 Å². The summed E-state index contributed by atoms with van der Waals surface area (Å²) in [5, 5.41) is 0. The lowest BCUT2D eigenvalue weighted by molar-refractivity contribution is -0.155. The molecule has 1 aromatic rings. The van der Waals surface area contributed by atoms with Gasteiger partial charge in [-0.25, -0.2) is 4.79 Å². The van der Waals surface area contributed by atoms with Gasteiger partial charge in [-0.05, 0) is 0 Å². The average molecular weight is 330 g/mol. The number of H-pyrrole nitrogens is 1. The molecule has 1 aliphatic rings. The summed E-state index contributed by atoms with van der Waals surface area (Å²) < 4.78 is 29.6. The molecule has 1 saturated heterocycles. The van der Waals surface area contributed by atoms with Gasteiger partial charge in [0.05, 0.1) is 6.20 Å². The number of carbonyl (C=O) groups is 2. The van der Waals surface area contributed by atoms with Gasteiger partial charge in [0, 0.05) is 20.3 Å². The predicted octanol–water partition coefficient (Wildman–Crippen LogP) is -0.542. The van der Waals surface area contributed by atoms with Crippen molar-refractivity contribution >= 4 is 11.9 Å². The van der Waals surface area contributed by atoms with Gasteiger partial charge in [0.15, 0.2) is 0 Å². The second kappa shape index (κ2) is 6.73. The van der Waals surface area contributed by atoms with Gasteiger partial charge in [0.1, 0.15) is 25.0 Å². The highest BCUT2D eigenvalue weighted by atomic mass is 19.1. The van der Waals surface area contributed by atoms with Gasteiger partial charge in [0.2, 0.25) is 5.82 Å². The summed E-state index contributed by atoms with van der Waals surface area (Å²) in [5.74, 6) is -2.28. The number of aromatic amines is 1. The number of hydrogen-bond donors (Lipinski definition) is 1. The fourth-order valence-corrected chi connectivity index (χ4v) is 2.23. The largest absolute Gasteiger partial charge is 0.463 e. The van der Waals surface area contributed by atoms with Crippen molar-refractivity contribution in [2.24, 2.45) is 0 Å². The third-order valence-electron chi connectivity index (χ3n) is 3.18. The van der Waals surface area contributed by atoms with Crippen LogP contribution < -0.4 is 11.2 Å². The van der Waals surface area contributed by atoms with Crippen LogP contribution in [0.1, 0.15) is 26.5 Å². The molecular weight excluding hydrogens is 315 g/mol. The molecule has 2 rings (SSSR count). The van der Waals surface area contributed by atoms with E-state index >= 15 is 0 Å². The Morgan fingerprint density at radius 2 is 2.09 bits per heavy atom. The molecule has 1 fully saturated rings. The predicted molar refractivity (Wildman–Crippen MR) is 72.0 cm³/mol. The van der Waals surface area contributed by atoms with Gasteiger partial charge < -0.3 is 14.2 Å². The molecule has 0 spiro atoms. The molecule has 10 heteroatoms. The molecule has 0 saturated carbocycles. The van der Waals surface area contributed by atoms with Crippen LogP contribution in [0.4, 0.5) is 4.39 Å². The standard InChI is InChI=1S/C13H15FN2O7/c1-6(17)21-5-10-9(22-7(2)18)3-11(23-10)16-4-8(14)12(19)15-13(16)20/h4,9-11H,3,5H2,1-2H3,(H,15,19,20). The van der Waals surface area contributed by atoms with E-state index in [2.05, 4.69) is 0 Å². The number of halogens is 1. The van der Waals surface area contributed by atoms with E-state index in [0.717, 1.165) is 4.57 Å². The number of nitrogens with zero attached hydrogens (tertiary/aromatic N) is 1. The minimum Gasteiger partial charge on any atom is -0.463 e. The van der Waals surface area contributed by atoms with Crippen molar-refractivity contribution in [2.75, 3.05) is 6.61 Å². The van der Waals surface area contributed by atoms with Gasteiger partial charge in [-0.2, -0.15) is 4.39 Å². The summed E-state index contributed by atoms with van der Waals surface area (Å²) in [5.41, 5.74) is -2.01. The first kappa shape index (κ1) is 16.9. The summed E-state index contributed by atoms with van der Waals surface area (Å²) in [4.78, 5) is 46.6. The second-order valence-electron chi connectivity index (χ2n) is 4.96. The van der Waals surface area contributed by atoms with Gasteiger partial charge in [-0.3, -0.25) is 23.9 Å². The Balaban J connectivity index is 2.23. The molecule has 0 radical (unpaired) electrons. The van der Waals surface area contributed by atoms with E-state index in [-0.39, 0.29) is 13.0 Å². The van der Waals surface area contributed by atoms with E-state index in [0.29, 0.717) is 6.20 Å². The Labute approximate surface area is 129 Å². The highest BCUT2D eigenvalue weighted by Gasteiger charge is 2.39. The quantitative estimate of drug-likeness (QED) is 0.737. The lowest BCUT2D eigenvalue weighted by atomic mass is 10.2. The van der Waals surface area contributed by atoms with Crippen LogP contribution in [0.3, 0.4) is 0 Å². The van der Waals surface area contributed by atoms with Crippen LogP contribution in [0.25, 0.3) is 0 Å². The minimum atomic E-state index is -1.15. The van der Waals surface area contributed by atoms with Crippen LogP contribution in [0.2, 0.25) is 0 Å². The third-order valence-corrected chi connectivity index (χ3v) is 3.18. The van der Waals surface area contributed by atoms with Crippen molar-refractivity contribution in [3.05, 3.63) is 32.9 Å². The zero-order valence-corrected chi connectivity index (χ0v) is 12.4. The highest BCUT2D eigenvalue weighted by Crippen LogP contribution is 2.30. The van der Waals surface area contributed by atoms with Gasteiger partial charge in [0.25, 0.3) is 5.56 Å². The normalized spacial score (nSPS) is 23.5. The molecular formula is C13H15FN2O7. The van der Waals surface area contributed by atoms with Crippen LogP contribution in [0.15, 0.2) is 15.8 Å². The summed E-state index contributed by atoms with van der Waals surface area (Å²) in [6.07, 6.45) is -1.81. The molecule has 3 atom stereocenters. The lowest BCUT2D eigenvalue weighted by Crippen LogP contribution is -2.34. The van der Waals surface area contributed by atoms with Gasteiger partial charge in [-0.1, -0.05) is 0 Å². The molecule has 1 aliphatic heterocycles. The summed E-state index contributed by atoms with van der Waals surface area (Å²) in [6, 6.07) is 0. The van der Waals surface area contributed by atoms with Crippen molar-refractivity contribution in [3.8, 4) is 0 Å². The molecule has 1 aromatic heterocycles. The Morgan fingerprint density at radius 1 is 1.39 bits per heavy atom. The van der Waals surface area contributed by atoms with Crippen LogP contribution >= 0.6 is 0 Å². The monoisotopic (exact) mass is 330 g/mol. The van der Waals surface area contributed by atoms with Crippen molar-refractivity contribution in [1.29, 1.82) is 0 Å². The fourth-order valence-electron chi connectivity index (χ4n) is 2.23. The van der Waals surface area contributed by atoms with Crippen molar-refractivity contribution in [2.45, 2.75) is 38.7 Å².